The summed E-state index contributed by atoms with van der Waals surface area (Å²) >= 11 is 0. The van der Waals surface area contributed by atoms with Gasteiger partial charge in [0.1, 0.15) is 6.04 Å². The van der Waals surface area contributed by atoms with E-state index in [2.05, 4.69) is 0 Å². The zero-order valence-corrected chi connectivity index (χ0v) is 7.44. The number of aliphatic hydroxyl groups excluding tert-OH is 1. The third-order valence-electron chi connectivity index (χ3n) is 1.23. The van der Waals surface area contributed by atoms with Gasteiger partial charge in [-0.3, -0.25) is 9.36 Å². The summed E-state index contributed by atoms with van der Waals surface area (Å²) in [7, 11) is -3.41. The minimum Gasteiger partial charge on any atom is -0.480 e. The van der Waals surface area contributed by atoms with E-state index < -0.39 is 31.6 Å². The van der Waals surface area contributed by atoms with Crippen LogP contribution in [0.25, 0.3) is 0 Å². The van der Waals surface area contributed by atoms with Crippen LogP contribution in [-0.2, 0) is 9.36 Å². The number of rotatable bonds is 4. The molecule has 12 heavy (non-hydrogen) atoms. The molecule has 0 saturated heterocycles. The first kappa shape index (κ1) is 11.6. The fraction of sp³-hybridized carbons (Fsp3) is 0.800. The molecule has 0 aliphatic carbocycles. The van der Waals surface area contributed by atoms with Crippen LogP contribution in [0, 0.1) is 0 Å². The van der Waals surface area contributed by atoms with Crippen LogP contribution in [0.2, 0.25) is 0 Å². The lowest BCUT2D eigenvalue weighted by atomic mass is 10.2. The zero-order valence-electron chi connectivity index (χ0n) is 6.54. The van der Waals surface area contributed by atoms with Crippen molar-refractivity contribution in [3.63, 3.8) is 0 Å². The first-order chi connectivity index (χ1) is 5.24. The summed E-state index contributed by atoms with van der Waals surface area (Å²) in [5, 5.41) is 17.3. The number of aliphatic hydroxyl groups is 1. The maximum atomic E-state index is 10.7. The summed E-state index contributed by atoms with van der Waals surface area (Å²) in [4.78, 5) is 18.9. The van der Waals surface area contributed by atoms with Gasteiger partial charge in [0.2, 0.25) is 0 Å². The fourth-order valence-electron chi connectivity index (χ4n) is 0.625. The normalized spacial score (nSPS) is 21.0. The lowest BCUT2D eigenvalue weighted by molar-refractivity contribution is -0.140. The molecule has 72 valence electrons. The number of hydrogen-bond acceptors (Lipinski definition) is 4. The van der Waals surface area contributed by atoms with E-state index in [1.807, 2.05) is 0 Å². The predicted molar refractivity (Wildman–Crippen MR) is 42.2 cm³/mol. The minimum atomic E-state index is -3.41. The highest BCUT2D eigenvalue weighted by molar-refractivity contribution is 7.57. The van der Waals surface area contributed by atoms with Crippen LogP contribution in [0.3, 0.4) is 0 Å². The molecule has 0 heterocycles. The van der Waals surface area contributed by atoms with Crippen LogP contribution in [0.15, 0.2) is 0 Å². The van der Waals surface area contributed by atoms with Gasteiger partial charge in [-0.25, -0.2) is 0 Å². The van der Waals surface area contributed by atoms with Crippen LogP contribution in [-0.4, -0.2) is 46.0 Å². The average molecular weight is 197 g/mol. The van der Waals surface area contributed by atoms with Crippen LogP contribution in [0.5, 0.6) is 0 Å². The van der Waals surface area contributed by atoms with Crippen LogP contribution >= 0.6 is 7.37 Å². The number of aliphatic carboxylic acids is 1. The van der Waals surface area contributed by atoms with Crippen molar-refractivity contribution < 1.29 is 24.5 Å². The molecule has 0 spiro atoms. The van der Waals surface area contributed by atoms with Gasteiger partial charge in [0, 0.05) is 6.66 Å². The van der Waals surface area contributed by atoms with E-state index in [4.69, 9.17) is 20.8 Å². The van der Waals surface area contributed by atoms with E-state index in [9.17, 15) is 9.36 Å². The molecule has 0 bridgehead atoms. The second-order valence-electron chi connectivity index (χ2n) is 2.66. The molecule has 0 aromatic carbocycles. The van der Waals surface area contributed by atoms with E-state index in [-0.39, 0.29) is 0 Å². The summed E-state index contributed by atoms with van der Waals surface area (Å²) in [5.41, 5.74) is 4.99. The summed E-state index contributed by atoms with van der Waals surface area (Å²) in [5.74, 6) is -1.39. The highest BCUT2D eigenvalue weighted by atomic mass is 31.2. The number of carbonyl (C=O) groups is 1. The lowest BCUT2D eigenvalue weighted by Crippen LogP contribution is -2.43. The second-order valence-corrected chi connectivity index (χ2v) is 5.13. The SMILES string of the molecule is CP(=O)(O)CC(O)C(N)C(=O)O. The topological polar surface area (TPSA) is 121 Å². The Morgan fingerprint density at radius 1 is 1.67 bits per heavy atom. The molecule has 0 rings (SSSR count). The smallest absolute Gasteiger partial charge is 0.323 e. The van der Waals surface area contributed by atoms with Gasteiger partial charge in [-0.1, -0.05) is 0 Å². The van der Waals surface area contributed by atoms with Crippen molar-refractivity contribution in [3.8, 4) is 0 Å². The zero-order chi connectivity index (χ0) is 9.94. The van der Waals surface area contributed by atoms with Gasteiger partial charge in [-0.2, -0.15) is 0 Å². The molecule has 0 aliphatic rings. The number of nitrogens with two attached hydrogens (primary N) is 1. The van der Waals surface area contributed by atoms with Gasteiger partial charge < -0.3 is 20.8 Å². The molecule has 0 aliphatic heterocycles. The molecular weight excluding hydrogens is 185 g/mol. The van der Waals surface area contributed by atoms with Crippen LogP contribution in [0.4, 0.5) is 0 Å². The Morgan fingerprint density at radius 3 is 2.33 bits per heavy atom. The third-order valence-corrected chi connectivity index (χ3v) is 2.28. The summed E-state index contributed by atoms with van der Waals surface area (Å²) in [6.07, 6.45) is -1.98. The van der Waals surface area contributed by atoms with Gasteiger partial charge in [0.25, 0.3) is 0 Å². The second kappa shape index (κ2) is 4.00. The van der Waals surface area contributed by atoms with Gasteiger partial charge in [0.15, 0.2) is 7.37 Å². The molecule has 3 unspecified atom stereocenters. The van der Waals surface area contributed by atoms with Gasteiger partial charge >= 0.3 is 5.97 Å². The Bertz CT molecular complexity index is 212. The average Bonchev–Trinajstić information content (AvgIpc) is 1.82. The fourth-order valence-corrected chi connectivity index (χ4v) is 1.55. The van der Waals surface area contributed by atoms with Crippen molar-refractivity contribution in [2.45, 2.75) is 12.1 Å². The monoisotopic (exact) mass is 197 g/mol. The molecule has 5 N–H and O–H groups in total. The standard InChI is InChI=1S/C5H12NO5P/c1-12(10,11)2-3(7)4(6)5(8)9/h3-4,7H,2,6H2,1H3,(H,8,9)(H,10,11). The van der Waals surface area contributed by atoms with Gasteiger partial charge in [0.05, 0.1) is 12.3 Å². The minimum absolute atomic E-state index is 0.500. The Balaban J connectivity index is 4.13. The summed E-state index contributed by atoms with van der Waals surface area (Å²) in [6.45, 7) is 1.03. The molecule has 7 heteroatoms. The van der Waals surface area contributed by atoms with Gasteiger partial charge in [-0.15, -0.1) is 0 Å². The molecule has 0 saturated carbocycles. The molecule has 3 atom stereocenters. The van der Waals surface area contributed by atoms with E-state index in [1.165, 1.54) is 0 Å². The quantitative estimate of drug-likeness (QED) is 0.414. The van der Waals surface area contributed by atoms with E-state index >= 15 is 0 Å². The maximum absolute atomic E-state index is 10.7. The molecule has 0 aromatic rings. The largest absolute Gasteiger partial charge is 0.480 e. The van der Waals surface area contributed by atoms with Crippen molar-refractivity contribution in [1.29, 1.82) is 0 Å². The van der Waals surface area contributed by atoms with E-state index in [0.717, 1.165) is 6.66 Å². The van der Waals surface area contributed by atoms with Crippen molar-refractivity contribution in [1.82, 2.24) is 0 Å². The summed E-state index contributed by atoms with van der Waals surface area (Å²) in [6, 6.07) is -1.51. The van der Waals surface area contributed by atoms with Crippen molar-refractivity contribution in [2.75, 3.05) is 12.8 Å². The molecule has 0 amide bonds. The highest BCUT2D eigenvalue weighted by Gasteiger charge is 2.27. The first-order valence-electron chi connectivity index (χ1n) is 3.20. The highest BCUT2D eigenvalue weighted by Crippen LogP contribution is 2.35. The number of hydrogen-bond donors (Lipinski definition) is 4. The van der Waals surface area contributed by atoms with E-state index in [1.54, 1.807) is 0 Å². The Hall–Kier alpha value is -0.420. The number of carboxylic acid groups (broad SMARTS) is 1. The van der Waals surface area contributed by atoms with Crippen molar-refractivity contribution in [2.24, 2.45) is 5.73 Å². The molecule has 0 aromatic heterocycles. The predicted octanol–water partition coefficient (Wildman–Crippen LogP) is -1.34. The molecule has 6 nitrogen and oxygen atoms in total. The molecule has 0 radical (unpaired) electrons. The van der Waals surface area contributed by atoms with Crippen molar-refractivity contribution in [3.05, 3.63) is 0 Å². The Labute approximate surface area is 69.5 Å². The summed E-state index contributed by atoms with van der Waals surface area (Å²) < 4.78 is 10.7. The Morgan fingerprint density at radius 2 is 2.08 bits per heavy atom. The van der Waals surface area contributed by atoms with E-state index in [0.29, 0.717) is 0 Å². The molecule has 0 fully saturated rings. The van der Waals surface area contributed by atoms with Crippen LogP contribution < -0.4 is 5.73 Å². The first-order valence-corrected chi connectivity index (χ1v) is 5.49. The van der Waals surface area contributed by atoms with Crippen LogP contribution in [0.1, 0.15) is 0 Å². The maximum Gasteiger partial charge on any atom is 0.323 e. The molecular formula is C5H12NO5P. The third kappa shape index (κ3) is 4.46. The number of carboxylic acids is 1. The van der Waals surface area contributed by atoms with Crippen molar-refractivity contribution >= 4 is 13.3 Å². The Kier molecular flexibility index (Phi) is 3.86. The lowest BCUT2D eigenvalue weighted by Gasteiger charge is -2.15. The van der Waals surface area contributed by atoms with Gasteiger partial charge in [-0.05, 0) is 0 Å².